The summed E-state index contributed by atoms with van der Waals surface area (Å²) in [6, 6.07) is 7.79. The van der Waals surface area contributed by atoms with E-state index in [1.54, 1.807) is 42.4 Å². The molecule has 0 saturated carbocycles. The molecule has 0 aromatic heterocycles. The Morgan fingerprint density at radius 3 is 1.52 bits per heavy atom. The predicted octanol–water partition coefficient (Wildman–Crippen LogP) is 9.98. The maximum Gasteiger partial charge on any atom is 0.416 e. The van der Waals surface area contributed by atoms with Gasteiger partial charge in [0.1, 0.15) is 13.2 Å². The van der Waals surface area contributed by atoms with Gasteiger partial charge >= 0.3 is 12.2 Å². The summed E-state index contributed by atoms with van der Waals surface area (Å²) in [6.45, 7) is 13.0. The lowest BCUT2D eigenvalue weighted by Crippen LogP contribution is -2.54. The number of benzene rings is 3. The Morgan fingerprint density at radius 2 is 1.02 bits per heavy atom. The number of halogens is 6. The molecule has 7 aliphatic rings. The van der Waals surface area contributed by atoms with Gasteiger partial charge in [0.25, 0.3) is 17.7 Å². The number of aliphatic hydroxyl groups is 1. The molecule has 454 valence electrons. The third-order valence-electron chi connectivity index (χ3n) is 14.7. The highest BCUT2D eigenvalue weighted by molar-refractivity contribution is 6.68. The molecule has 28 heteroatoms. The normalized spacial score (nSPS) is 22.5. The molecule has 0 radical (unpaired) electrons. The number of hydrogen-bond donors (Lipinski definition) is 1. The minimum Gasteiger partial charge on any atom is -0.493 e. The first-order chi connectivity index (χ1) is 39.9. The molecule has 22 nitrogen and oxygen atoms in total. The zero-order valence-electron chi connectivity index (χ0n) is 46.6. The monoisotopic (exact) mass is 1280 g/mol. The molecule has 1 N–H and O–H groups in total. The van der Waals surface area contributed by atoms with Crippen LogP contribution in [-0.4, -0.2) is 182 Å². The van der Waals surface area contributed by atoms with Crippen LogP contribution < -0.4 is 38.2 Å². The van der Waals surface area contributed by atoms with Crippen molar-refractivity contribution < 1.29 is 76.4 Å². The Labute approximate surface area is 515 Å². The van der Waals surface area contributed by atoms with Gasteiger partial charge in [0, 0.05) is 50.7 Å². The molecule has 6 atom stereocenters. The molecule has 7 heterocycles. The van der Waals surface area contributed by atoms with Crippen molar-refractivity contribution in [2.75, 3.05) is 91.9 Å². The second-order valence-corrected chi connectivity index (χ2v) is 24.9. The molecule has 4 saturated heterocycles. The highest BCUT2D eigenvalue weighted by atomic mass is 35.6. The average molecular weight is 1290 g/mol. The van der Waals surface area contributed by atoms with E-state index in [4.69, 9.17) is 117 Å². The van der Waals surface area contributed by atoms with Gasteiger partial charge in [-0.2, -0.15) is 0 Å². The smallest absolute Gasteiger partial charge is 0.416 e. The summed E-state index contributed by atoms with van der Waals surface area (Å²) >= 11 is 34.5. The summed E-state index contributed by atoms with van der Waals surface area (Å²) < 4.78 is 50.9. The van der Waals surface area contributed by atoms with Gasteiger partial charge in [-0.15, -0.1) is 0 Å². The Hall–Kier alpha value is -6.08. The van der Waals surface area contributed by atoms with Gasteiger partial charge < -0.3 is 67.2 Å². The average Bonchev–Trinajstić information content (AvgIpc) is 3.13. The van der Waals surface area contributed by atoms with Crippen molar-refractivity contribution in [3.8, 4) is 34.5 Å². The van der Waals surface area contributed by atoms with Gasteiger partial charge in [-0.25, -0.2) is 19.4 Å². The second-order valence-electron chi connectivity index (χ2n) is 19.8. The number of anilines is 2. The third kappa shape index (κ3) is 13.5. The molecular weight excluding hydrogens is 1230 g/mol. The predicted molar refractivity (Wildman–Crippen MR) is 315 cm³/mol. The summed E-state index contributed by atoms with van der Waals surface area (Å²) in [4.78, 5) is 77.5. The van der Waals surface area contributed by atoms with Crippen LogP contribution in [0.5, 0.6) is 34.5 Å². The maximum absolute atomic E-state index is 13.7. The number of aliphatic hydroxyl groups excluding tert-OH is 1. The van der Waals surface area contributed by atoms with E-state index in [0.29, 0.717) is 91.1 Å². The number of rotatable bonds is 10. The van der Waals surface area contributed by atoms with Crippen LogP contribution in [0.4, 0.5) is 26.7 Å². The lowest BCUT2D eigenvalue weighted by molar-refractivity contribution is -0.193. The molecule has 10 rings (SSSR count). The van der Waals surface area contributed by atoms with Crippen LogP contribution in [0.25, 0.3) is 0 Å². The van der Waals surface area contributed by atoms with Gasteiger partial charge in [-0.1, -0.05) is 89.3 Å². The minimum atomic E-state index is -1.84. The van der Waals surface area contributed by atoms with E-state index in [1.807, 2.05) is 0 Å². The Bertz CT molecular complexity index is 3110. The van der Waals surface area contributed by atoms with Gasteiger partial charge in [0.2, 0.25) is 7.59 Å². The van der Waals surface area contributed by atoms with Gasteiger partial charge in [-0.3, -0.25) is 19.4 Å². The van der Waals surface area contributed by atoms with E-state index >= 15 is 0 Å². The summed E-state index contributed by atoms with van der Waals surface area (Å²) in [5.74, 6) is 1.56. The number of fused-ring (bicyclic) bond motifs is 6. The quantitative estimate of drug-likeness (QED) is 0.147. The molecule has 0 spiro atoms. The number of carbonyl (C=O) groups is 5. The molecule has 5 amide bonds. The number of amides is 5. The highest BCUT2D eigenvalue weighted by Gasteiger charge is 2.51. The van der Waals surface area contributed by atoms with Crippen molar-refractivity contribution in [3.63, 3.8) is 0 Å². The molecule has 0 bridgehead atoms. The number of alkyl halides is 6. The summed E-state index contributed by atoms with van der Waals surface area (Å²) in [6.07, 6.45) is 1.22. The Kier molecular flexibility index (Phi) is 20.3. The highest BCUT2D eigenvalue weighted by Crippen LogP contribution is 2.46. The zero-order chi connectivity index (χ0) is 61.1. The number of ether oxygens (including phenoxy) is 10. The van der Waals surface area contributed by atoms with Crippen molar-refractivity contribution in [2.24, 2.45) is 4.99 Å². The van der Waals surface area contributed by atoms with Crippen LogP contribution in [0.15, 0.2) is 77.8 Å². The van der Waals surface area contributed by atoms with Crippen molar-refractivity contribution >= 4 is 123 Å². The first-order valence-corrected chi connectivity index (χ1v) is 28.4. The zero-order valence-corrected chi connectivity index (χ0v) is 51.2. The summed E-state index contributed by atoms with van der Waals surface area (Å²) in [5.41, 5.74) is 4.15. The number of carbonyl (C=O) groups excluding carboxylic acids is 5. The third-order valence-corrected chi connectivity index (χ3v) is 15.4. The van der Waals surface area contributed by atoms with Crippen molar-refractivity contribution in [1.29, 1.82) is 0 Å². The number of methoxy groups -OCH3 is 6. The molecule has 3 unspecified atom stereocenters. The van der Waals surface area contributed by atoms with Crippen LogP contribution in [-0.2, 0) is 18.9 Å². The van der Waals surface area contributed by atoms with Crippen LogP contribution in [0.2, 0.25) is 0 Å². The maximum atomic E-state index is 13.7. The van der Waals surface area contributed by atoms with E-state index in [0.717, 1.165) is 35.3 Å². The van der Waals surface area contributed by atoms with Crippen molar-refractivity contribution in [3.05, 3.63) is 89.5 Å². The largest absolute Gasteiger partial charge is 0.493 e. The Morgan fingerprint density at radius 1 is 0.595 bits per heavy atom. The van der Waals surface area contributed by atoms with E-state index in [9.17, 15) is 29.1 Å². The van der Waals surface area contributed by atoms with E-state index in [-0.39, 0.29) is 52.0 Å². The van der Waals surface area contributed by atoms with Crippen molar-refractivity contribution in [2.45, 2.75) is 83.0 Å². The lowest BCUT2D eigenvalue weighted by atomic mass is 10.1. The van der Waals surface area contributed by atoms with E-state index in [1.165, 1.54) is 62.5 Å². The molecule has 3 aromatic rings. The molecule has 7 aliphatic heterocycles. The van der Waals surface area contributed by atoms with E-state index in [2.05, 4.69) is 24.7 Å². The van der Waals surface area contributed by atoms with Crippen LogP contribution in [0, 0.1) is 0 Å². The van der Waals surface area contributed by atoms with Crippen LogP contribution >= 0.6 is 69.6 Å². The van der Waals surface area contributed by atoms with Crippen LogP contribution in [0.1, 0.15) is 69.6 Å². The lowest BCUT2D eigenvalue weighted by Gasteiger charge is -2.38. The first kappa shape index (κ1) is 63.9. The fourth-order valence-corrected chi connectivity index (χ4v) is 11.0. The fraction of sp³-hybridized carbons (Fsp3) is 0.464. The van der Waals surface area contributed by atoms with Gasteiger partial charge in [0.15, 0.2) is 53.2 Å². The second kappa shape index (κ2) is 26.7. The first-order valence-electron chi connectivity index (χ1n) is 26.2. The topological polar surface area (TPSA) is 226 Å². The molecule has 84 heavy (non-hydrogen) atoms. The summed E-state index contributed by atoms with van der Waals surface area (Å²) in [7, 11) is 8.86. The molecule has 0 aliphatic carbocycles. The van der Waals surface area contributed by atoms with Crippen LogP contribution in [0.3, 0.4) is 0 Å². The fourth-order valence-electron chi connectivity index (χ4n) is 10.7. The number of nitrogens with zero attached hydrogens (tertiary/aromatic N) is 6. The van der Waals surface area contributed by atoms with Crippen molar-refractivity contribution in [1.82, 2.24) is 14.7 Å². The standard InChI is InChI=1S/C23H27Cl3N2O7.C18H19Cl3N2O6.C15H16N2O3/c1-13-7-8-27-19(13)21(35-18-6-4-5-9-33-18)28(22(30)34-12-23(24,25)26)15-11-17(32-3)16(31-2)10-14(15)20(27)29;1-9-4-5-22-14(9)16(25)23(17(26)29-8-18(19,20)21)11-7-13(28-3)12(27-2)6-10(11)15(22)24;1-9-4-5-17-12(9)8-16-11-7-14(20-3)13(19-2)6-10(11)15(17)18/h10-11,18-19,21H,1,4-9,12H2,2-3H3;6-7,14,16,25H,1,4-5,8H2,2-3H3;6-8,12H,1,4-5H2,2-3H3/t18?,19-,21?;14-,16?;12-/m001/s1. The minimum absolute atomic E-state index is 0.0397. The molecule has 4 fully saturated rings. The van der Waals surface area contributed by atoms with Gasteiger partial charge in [-0.05, 0) is 73.4 Å². The number of aliphatic imine (C=N–C) groups is 1. The molecule has 3 aromatic carbocycles. The SMILES string of the molecule is C=C1CCN2C(=O)c3cc(OC)c(OC)cc3N(C(=O)OCC(Cl)(Cl)Cl)C(O)[C@H]12.C=C1CCN2C(=O)c3cc(OC)c(OC)cc3N(C(=O)OCC(Cl)(Cl)Cl)C(OC3CCCCO3)[C@H]12.C=C1CCN2C(=O)c3cc(OC)c(OC)cc3N=C[C@H]12. The van der Waals surface area contributed by atoms with E-state index < -0.39 is 63.8 Å². The number of hydrogen-bond acceptors (Lipinski definition) is 17. The Balaban J connectivity index is 0.000000170. The molecular formula is C56H62Cl6N6O16. The summed E-state index contributed by atoms with van der Waals surface area (Å²) in [5, 5.41) is 11.0. The van der Waals surface area contributed by atoms with Gasteiger partial charge in [0.05, 0.1) is 94.5 Å².